The molecule has 9 nitrogen and oxygen atoms in total. The van der Waals surface area contributed by atoms with Crippen LogP contribution in [-0.4, -0.2) is 67.5 Å². The second-order valence-electron chi connectivity index (χ2n) is 8.22. The Morgan fingerprint density at radius 1 is 1.03 bits per heavy atom. The SMILES string of the molecule is COc1ccc(COC(=O)C2=C(C(OC)OC)CS[C@@H]3[C@H](NC(=O)Cc4ccccc4)C(=O)N23)cc1. The van der Waals surface area contributed by atoms with E-state index in [1.807, 2.05) is 30.3 Å². The lowest BCUT2D eigenvalue weighted by Crippen LogP contribution is -2.71. The van der Waals surface area contributed by atoms with Crippen LogP contribution in [0.3, 0.4) is 0 Å². The lowest BCUT2D eigenvalue weighted by Gasteiger charge is -2.50. The van der Waals surface area contributed by atoms with Crippen LogP contribution in [0.4, 0.5) is 0 Å². The molecule has 1 fully saturated rings. The van der Waals surface area contributed by atoms with E-state index in [9.17, 15) is 14.4 Å². The van der Waals surface area contributed by atoms with Crippen molar-refractivity contribution >= 4 is 29.5 Å². The number of methoxy groups -OCH3 is 3. The highest BCUT2D eigenvalue weighted by atomic mass is 32.2. The van der Waals surface area contributed by atoms with Gasteiger partial charge in [-0.3, -0.25) is 14.5 Å². The van der Waals surface area contributed by atoms with Crippen LogP contribution in [0.5, 0.6) is 5.75 Å². The molecule has 10 heteroatoms. The van der Waals surface area contributed by atoms with Crippen molar-refractivity contribution in [2.75, 3.05) is 27.1 Å². The third kappa shape index (κ3) is 5.40. The minimum Gasteiger partial charge on any atom is -0.497 e. The number of hydrogen-bond acceptors (Lipinski definition) is 8. The number of β-lactam (4-membered cyclic amide) rings is 1. The van der Waals surface area contributed by atoms with Gasteiger partial charge in [0.1, 0.15) is 29.5 Å². The van der Waals surface area contributed by atoms with Crippen molar-refractivity contribution in [2.24, 2.45) is 0 Å². The first-order valence-corrected chi connectivity index (χ1v) is 12.4. The number of rotatable bonds is 10. The Morgan fingerprint density at radius 2 is 1.72 bits per heavy atom. The fourth-order valence-corrected chi connectivity index (χ4v) is 5.50. The molecule has 0 aliphatic carbocycles. The molecule has 2 aromatic rings. The zero-order chi connectivity index (χ0) is 25.7. The summed E-state index contributed by atoms with van der Waals surface area (Å²) >= 11 is 1.43. The van der Waals surface area contributed by atoms with Crippen molar-refractivity contribution in [3.8, 4) is 5.75 Å². The van der Waals surface area contributed by atoms with Gasteiger partial charge in [-0.05, 0) is 23.3 Å². The Morgan fingerprint density at radius 3 is 2.36 bits per heavy atom. The van der Waals surface area contributed by atoms with Gasteiger partial charge in [0.15, 0.2) is 6.29 Å². The maximum atomic E-state index is 13.2. The predicted octanol–water partition coefficient (Wildman–Crippen LogP) is 2.25. The average molecular weight is 513 g/mol. The van der Waals surface area contributed by atoms with E-state index in [4.69, 9.17) is 18.9 Å². The number of amides is 2. The fraction of sp³-hybridized carbons (Fsp3) is 0.346. The molecule has 2 aliphatic heterocycles. The van der Waals surface area contributed by atoms with Gasteiger partial charge in [0.2, 0.25) is 5.91 Å². The molecular weight excluding hydrogens is 484 g/mol. The minimum absolute atomic E-state index is 0.0152. The largest absolute Gasteiger partial charge is 0.497 e. The Balaban J connectivity index is 1.49. The highest BCUT2D eigenvalue weighted by molar-refractivity contribution is 8.00. The number of ether oxygens (including phenoxy) is 4. The van der Waals surface area contributed by atoms with Crippen LogP contribution < -0.4 is 10.1 Å². The molecule has 0 saturated carbocycles. The van der Waals surface area contributed by atoms with E-state index in [-0.39, 0.29) is 30.5 Å². The molecule has 2 amide bonds. The van der Waals surface area contributed by atoms with Gasteiger partial charge in [0.25, 0.3) is 5.91 Å². The second kappa shape index (κ2) is 11.6. The number of esters is 1. The molecule has 0 spiro atoms. The first kappa shape index (κ1) is 25.7. The van der Waals surface area contributed by atoms with Gasteiger partial charge in [0, 0.05) is 25.5 Å². The van der Waals surface area contributed by atoms with Crippen molar-refractivity contribution in [1.82, 2.24) is 10.2 Å². The van der Waals surface area contributed by atoms with Crippen molar-refractivity contribution < 1.29 is 33.3 Å². The number of benzene rings is 2. The number of hydrogen-bond donors (Lipinski definition) is 1. The van der Waals surface area contributed by atoms with Gasteiger partial charge in [0.05, 0.1) is 13.5 Å². The van der Waals surface area contributed by atoms with Crippen LogP contribution >= 0.6 is 11.8 Å². The summed E-state index contributed by atoms with van der Waals surface area (Å²) in [6.45, 7) is 0.0152. The second-order valence-corrected chi connectivity index (χ2v) is 9.32. The van der Waals surface area contributed by atoms with Crippen LogP contribution in [0.25, 0.3) is 0 Å². The molecular formula is C26H28N2O7S. The van der Waals surface area contributed by atoms with E-state index in [1.165, 1.54) is 30.9 Å². The molecule has 190 valence electrons. The van der Waals surface area contributed by atoms with Gasteiger partial charge >= 0.3 is 5.97 Å². The molecule has 36 heavy (non-hydrogen) atoms. The molecule has 0 bridgehead atoms. The van der Waals surface area contributed by atoms with Gasteiger partial charge in [-0.15, -0.1) is 11.8 Å². The molecule has 1 saturated heterocycles. The summed E-state index contributed by atoms with van der Waals surface area (Å²) in [7, 11) is 4.50. The summed E-state index contributed by atoms with van der Waals surface area (Å²) in [4.78, 5) is 40.3. The summed E-state index contributed by atoms with van der Waals surface area (Å²) < 4.78 is 21.5. The Bertz CT molecular complexity index is 1130. The van der Waals surface area contributed by atoms with Crippen molar-refractivity contribution in [2.45, 2.75) is 30.7 Å². The Hall–Kier alpha value is -3.34. The van der Waals surface area contributed by atoms with Crippen LogP contribution in [0.1, 0.15) is 11.1 Å². The Kier molecular flexibility index (Phi) is 8.29. The summed E-state index contributed by atoms with van der Waals surface area (Å²) in [5.74, 6) is -0.235. The smallest absolute Gasteiger partial charge is 0.355 e. The zero-order valence-electron chi connectivity index (χ0n) is 20.3. The fourth-order valence-electron chi connectivity index (χ4n) is 4.14. The lowest BCUT2D eigenvalue weighted by atomic mass is 10.0. The number of thioether (sulfide) groups is 1. The highest BCUT2D eigenvalue weighted by Gasteiger charge is 2.55. The molecule has 2 atom stereocenters. The number of nitrogens with one attached hydrogen (secondary N) is 1. The minimum atomic E-state index is -0.818. The molecule has 0 radical (unpaired) electrons. The van der Waals surface area contributed by atoms with Crippen LogP contribution in [0, 0.1) is 0 Å². The molecule has 2 aromatic carbocycles. The average Bonchev–Trinajstić information content (AvgIpc) is 2.91. The molecule has 2 aliphatic rings. The van der Waals surface area contributed by atoms with Gasteiger partial charge in [-0.2, -0.15) is 0 Å². The van der Waals surface area contributed by atoms with Gasteiger partial charge in [-0.1, -0.05) is 42.5 Å². The van der Waals surface area contributed by atoms with Crippen molar-refractivity contribution in [3.63, 3.8) is 0 Å². The third-order valence-corrected chi connectivity index (χ3v) is 7.26. The summed E-state index contributed by atoms with van der Waals surface area (Å²) in [6.07, 6.45) is -0.656. The van der Waals surface area contributed by atoms with E-state index in [2.05, 4.69) is 5.32 Å². The third-order valence-electron chi connectivity index (χ3n) is 5.96. The quantitative estimate of drug-likeness (QED) is 0.294. The molecule has 4 rings (SSSR count). The molecule has 2 heterocycles. The summed E-state index contributed by atoms with van der Waals surface area (Å²) in [5, 5.41) is 2.38. The van der Waals surface area contributed by atoms with E-state index in [1.54, 1.807) is 31.4 Å². The number of carbonyl (C=O) groups excluding carboxylic acids is 3. The van der Waals surface area contributed by atoms with E-state index < -0.39 is 23.7 Å². The van der Waals surface area contributed by atoms with Crippen LogP contribution in [-0.2, 0) is 41.6 Å². The first-order valence-electron chi connectivity index (χ1n) is 11.3. The summed E-state index contributed by atoms with van der Waals surface area (Å²) in [6, 6.07) is 15.7. The maximum Gasteiger partial charge on any atom is 0.355 e. The number of fused-ring (bicyclic) bond motifs is 1. The first-order chi connectivity index (χ1) is 17.5. The molecule has 0 unspecified atom stereocenters. The van der Waals surface area contributed by atoms with Gasteiger partial charge in [-0.25, -0.2) is 4.79 Å². The van der Waals surface area contributed by atoms with E-state index in [0.29, 0.717) is 17.1 Å². The van der Waals surface area contributed by atoms with Crippen molar-refractivity contribution in [1.29, 1.82) is 0 Å². The van der Waals surface area contributed by atoms with E-state index >= 15 is 0 Å². The van der Waals surface area contributed by atoms with E-state index in [0.717, 1.165) is 11.1 Å². The monoisotopic (exact) mass is 512 g/mol. The standard InChI is InChI=1S/C26H28N2O7S/c1-32-18-11-9-17(10-12-18)14-35-25(31)22-19(26(33-2)34-3)15-36-24-21(23(30)28(22)24)27-20(29)13-16-7-5-4-6-8-16/h4-12,21,24,26H,13-15H2,1-3H3,(H,27,29)/t21-,24-/m1/s1. The van der Waals surface area contributed by atoms with Crippen LogP contribution in [0.2, 0.25) is 0 Å². The van der Waals surface area contributed by atoms with Crippen molar-refractivity contribution in [3.05, 3.63) is 77.0 Å². The highest BCUT2D eigenvalue weighted by Crippen LogP contribution is 2.42. The lowest BCUT2D eigenvalue weighted by molar-refractivity contribution is -0.154. The Labute approximate surface area is 213 Å². The topological polar surface area (TPSA) is 103 Å². The normalized spacial score (nSPS) is 19.0. The van der Waals surface area contributed by atoms with Crippen LogP contribution in [0.15, 0.2) is 65.9 Å². The molecule has 0 aromatic heterocycles. The number of carbonyl (C=O) groups is 3. The van der Waals surface area contributed by atoms with Gasteiger partial charge < -0.3 is 24.3 Å². The summed E-state index contributed by atoms with van der Waals surface area (Å²) in [5.41, 5.74) is 2.22. The molecule has 1 N–H and O–H groups in total. The zero-order valence-corrected chi connectivity index (χ0v) is 21.1. The maximum absolute atomic E-state index is 13.2. The predicted molar refractivity (Wildman–Crippen MR) is 133 cm³/mol. The number of nitrogens with zero attached hydrogens (tertiary/aromatic N) is 1.